The van der Waals surface area contributed by atoms with Crippen molar-refractivity contribution >= 4 is 74.1 Å². The number of phenols is 1. The van der Waals surface area contributed by atoms with Crippen LogP contribution < -0.4 is 19.8 Å². The highest BCUT2D eigenvalue weighted by Gasteiger charge is 2.70. The molecule has 2 heterocycles. The Morgan fingerprint density at radius 1 is 0.849 bits per heavy atom. The normalized spacial score (nSPS) is 26.2. The van der Waals surface area contributed by atoms with Crippen molar-refractivity contribution in [2.75, 3.05) is 24.5 Å². The fraction of sp³-hybridized carbons (Fsp3) is 0.250. The number of aromatic hydroxyl groups is 1. The molecule has 8 rings (SSSR count). The second-order valence-corrected chi connectivity index (χ2v) is 15.4. The molecule has 270 valence electrons. The van der Waals surface area contributed by atoms with E-state index in [0.717, 1.165) is 15.1 Å². The molecule has 4 aromatic carbocycles. The lowest BCUT2D eigenvalue weighted by Crippen LogP contribution is -2.53. The number of rotatable bonds is 7. The van der Waals surface area contributed by atoms with E-state index < -0.39 is 46.8 Å². The number of methoxy groups -OCH3 is 2. The molecule has 2 saturated heterocycles. The van der Waals surface area contributed by atoms with Crippen LogP contribution in [0, 0.1) is 23.7 Å². The number of nitrogens with zero attached hydrogens (tertiary/aromatic N) is 2. The van der Waals surface area contributed by atoms with Gasteiger partial charge in [-0.3, -0.25) is 29.5 Å². The monoisotopic (exact) mass is 815 g/mol. The standard InChI is InChI=1S/C40H32BrCl2N3O7/c1-52-25-11-4-21(5-12-25)40-29(37(49)46(39(40)51)44-31-15-8-23(42)18-30(31)43)19-28-26(35(40)20-3-16-32(47)33(17-20)53-2)13-14-27-34(28)38(50)45(36(27)48)24-9-6-22(41)7-10-24/h3-13,15-18,27-29,34-35,44,47H,14,19H2,1-2H3/t27-,28+,29-,34-,35-,40+/m0/s1. The first-order valence-corrected chi connectivity index (χ1v) is 18.5. The molecule has 53 heavy (non-hydrogen) atoms. The van der Waals surface area contributed by atoms with Gasteiger partial charge in [-0.05, 0) is 96.6 Å². The van der Waals surface area contributed by atoms with Crippen LogP contribution in [0.15, 0.2) is 101 Å². The van der Waals surface area contributed by atoms with E-state index in [1.807, 2.05) is 6.08 Å². The van der Waals surface area contributed by atoms with Crippen LogP contribution in [-0.2, 0) is 24.6 Å². The van der Waals surface area contributed by atoms with Crippen molar-refractivity contribution in [1.29, 1.82) is 0 Å². The number of allylic oxidation sites excluding steroid dienone is 2. The van der Waals surface area contributed by atoms with E-state index in [0.29, 0.717) is 33.3 Å². The molecule has 0 aromatic heterocycles. The SMILES string of the molecule is COc1ccc([C@@]23C(=O)N(Nc4ccc(Cl)cc4Cl)C(=O)[C@@H]2C[C@@H]2C(=CC[C@@H]4C(=O)N(c5ccc(Br)cc5)C(=O)[C@@H]42)[C@@H]3c2ccc(O)c(OC)c2)cc1. The van der Waals surface area contributed by atoms with E-state index >= 15 is 4.79 Å². The number of carbonyl (C=O) groups is 4. The van der Waals surface area contributed by atoms with E-state index in [4.69, 9.17) is 32.7 Å². The van der Waals surface area contributed by atoms with Gasteiger partial charge >= 0.3 is 0 Å². The van der Waals surface area contributed by atoms with Crippen molar-refractivity contribution in [3.8, 4) is 17.2 Å². The lowest BCUT2D eigenvalue weighted by Gasteiger charge is -2.50. The zero-order chi connectivity index (χ0) is 37.3. The lowest BCUT2D eigenvalue weighted by atomic mass is 9.49. The second-order valence-electron chi connectivity index (χ2n) is 13.6. The minimum absolute atomic E-state index is 0.104. The summed E-state index contributed by atoms with van der Waals surface area (Å²) in [6, 6.07) is 23.6. The van der Waals surface area contributed by atoms with Crippen LogP contribution >= 0.6 is 39.1 Å². The summed E-state index contributed by atoms with van der Waals surface area (Å²) in [5.74, 6) is -4.93. The van der Waals surface area contributed by atoms with Gasteiger partial charge in [0.2, 0.25) is 11.8 Å². The zero-order valence-electron chi connectivity index (χ0n) is 28.4. The largest absolute Gasteiger partial charge is 0.504 e. The Bertz CT molecular complexity index is 2230. The average molecular weight is 818 g/mol. The molecular weight excluding hydrogens is 785 g/mol. The number of imide groups is 2. The number of ether oxygens (including phenoxy) is 2. The predicted molar refractivity (Wildman–Crippen MR) is 202 cm³/mol. The first kappa shape index (κ1) is 35.2. The van der Waals surface area contributed by atoms with E-state index in [-0.39, 0.29) is 41.2 Å². The van der Waals surface area contributed by atoms with Crippen LogP contribution in [0.4, 0.5) is 11.4 Å². The van der Waals surface area contributed by atoms with Crippen LogP contribution in [0.3, 0.4) is 0 Å². The Kier molecular flexibility index (Phi) is 8.79. The van der Waals surface area contributed by atoms with Crippen molar-refractivity contribution < 1.29 is 33.8 Å². The summed E-state index contributed by atoms with van der Waals surface area (Å²) >= 11 is 16.1. The number of halogens is 3. The molecule has 10 nitrogen and oxygen atoms in total. The van der Waals surface area contributed by atoms with Crippen molar-refractivity contribution in [1.82, 2.24) is 5.01 Å². The van der Waals surface area contributed by atoms with Gasteiger partial charge in [-0.15, -0.1) is 0 Å². The Morgan fingerprint density at radius 3 is 2.26 bits per heavy atom. The quantitative estimate of drug-likeness (QED) is 0.144. The highest BCUT2D eigenvalue weighted by Crippen LogP contribution is 2.64. The van der Waals surface area contributed by atoms with Crippen LogP contribution in [0.25, 0.3) is 0 Å². The molecule has 3 fully saturated rings. The molecule has 0 spiro atoms. The third kappa shape index (κ3) is 5.34. The van der Waals surface area contributed by atoms with E-state index in [2.05, 4.69) is 21.4 Å². The molecule has 4 aromatic rings. The van der Waals surface area contributed by atoms with Gasteiger partial charge in [0.05, 0.1) is 53.8 Å². The smallest absolute Gasteiger partial charge is 0.260 e. The Balaban J connectivity index is 1.34. The maximum Gasteiger partial charge on any atom is 0.260 e. The van der Waals surface area contributed by atoms with Gasteiger partial charge < -0.3 is 14.6 Å². The van der Waals surface area contributed by atoms with E-state index in [1.54, 1.807) is 79.9 Å². The molecule has 2 aliphatic heterocycles. The van der Waals surface area contributed by atoms with Gasteiger partial charge in [0.25, 0.3) is 11.8 Å². The van der Waals surface area contributed by atoms with Gasteiger partial charge in [-0.25, -0.2) is 0 Å². The maximum atomic E-state index is 15.4. The van der Waals surface area contributed by atoms with Gasteiger partial charge in [0, 0.05) is 15.4 Å². The topological polar surface area (TPSA) is 125 Å². The van der Waals surface area contributed by atoms with E-state index in [9.17, 15) is 19.5 Å². The number of amides is 4. The Morgan fingerprint density at radius 2 is 1.58 bits per heavy atom. The molecule has 2 aliphatic carbocycles. The Hall–Kier alpha value is -4.84. The molecule has 0 bridgehead atoms. The minimum atomic E-state index is -1.55. The second kappa shape index (κ2) is 13.2. The Labute approximate surface area is 323 Å². The summed E-state index contributed by atoms with van der Waals surface area (Å²) in [4.78, 5) is 60.1. The van der Waals surface area contributed by atoms with Crippen LogP contribution in [-0.4, -0.2) is 48.0 Å². The molecule has 4 aliphatic rings. The molecule has 1 saturated carbocycles. The number of hydrazine groups is 1. The van der Waals surface area contributed by atoms with E-state index in [1.165, 1.54) is 24.1 Å². The highest BCUT2D eigenvalue weighted by molar-refractivity contribution is 9.10. The lowest BCUT2D eigenvalue weighted by molar-refractivity contribution is -0.138. The van der Waals surface area contributed by atoms with Crippen molar-refractivity contribution in [2.24, 2.45) is 23.7 Å². The molecule has 4 amide bonds. The highest BCUT2D eigenvalue weighted by atomic mass is 79.9. The number of anilines is 2. The molecule has 0 radical (unpaired) electrons. The summed E-state index contributed by atoms with van der Waals surface area (Å²) < 4.78 is 11.8. The van der Waals surface area contributed by atoms with Crippen molar-refractivity contribution in [3.63, 3.8) is 0 Å². The first-order valence-electron chi connectivity index (χ1n) is 16.9. The molecule has 6 atom stereocenters. The molecule has 0 unspecified atom stereocenters. The third-order valence-corrected chi connectivity index (χ3v) is 12.3. The fourth-order valence-corrected chi connectivity index (χ4v) is 9.65. The average Bonchev–Trinajstić information content (AvgIpc) is 3.54. The summed E-state index contributed by atoms with van der Waals surface area (Å²) in [5.41, 5.74) is 4.10. The number of hydrogen-bond donors (Lipinski definition) is 2. The number of nitrogens with one attached hydrogen (secondary N) is 1. The summed E-state index contributed by atoms with van der Waals surface area (Å²) in [6.07, 6.45) is 2.33. The molecule has 13 heteroatoms. The van der Waals surface area contributed by atoms with Gasteiger partial charge in [0.1, 0.15) is 5.75 Å². The van der Waals surface area contributed by atoms with Crippen molar-refractivity contribution in [3.05, 3.63) is 122 Å². The van der Waals surface area contributed by atoms with Gasteiger partial charge in [-0.2, -0.15) is 5.01 Å². The van der Waals surface area contributed by atoms with Crippen LogP contribution in [0.5, 0.6) is 17.2 Å². The zero-order valence-corrected chi connectivity index (χ0v) is 31.5. The number of hydrogen-bond acceptors (Lipinski definition) is 8. The van der Waals surface area contributed by atoms with Crippen LogP contribution in [0.1, 0.15) is 29.9 Å². The first-order chi connectivity index (χ1) is 25.5. The number of carbonyl (C=O) groups excluding carboxylic acids is 4. The number of benzene rings is 4. The van der Waals surface area contributed by atoms with Crippen LogP contribution in [0.2, 0.25) is 10.0 Å². The van der Waals surface area contributed by atoms with Crippen molar-refractivity contribution in [2.45, 2.75) is 24.2 Å². The fourth-order valence-electron chi connectivity index (χ4n) is 8.94. The van der Waals surface area contributed by atoms with Gasteiger partial charge in [-0.1, -0.05) is 69.0 Å². The van der Waals surface area contributed by atoms with Gasteiger partial charge in [0.15, 0.2) is 11.5 Å². The molecular formula is C40H32BrCl2N3O7. The number of phenolic OH excluding ortho intramolecular Hbond substituents is 1. The third-order valence-electron chi connectivity index (χ3n) is 11.2. The predicted octanol–water partition coefficient (Wildman–Crippen LogP) is 7.67. The molecule has 2 N–H and O–H groups in total. The summed E-state index contributed by atoms with van der Waals surface area (Å²) in [5, 5.41) is 12.3. The minimum Gasteiger partial charge on any atom is -0.504 e. The summed E-state index contributed by atoms with van der Waals surface area (Å²) in [7, 11) is 2.97. The number of fused-ring (bicyclic) bond motifs is 4. The summed E-state index contributed by atoms with van der Waals surface area (Å²) in [6.45, 7) is 0. The maximum absolute atomic E-state index is 15.4.